The second-order valence-electron chi connectivity index (χ2n) is 9.87. The van der Waals surface area contributed by atoms with Gasteiger partial charge in [-0.25, -0.2) is 13.1 Å². The smallest absolute Gasteiger partial charge is 0.338 e. The van der Waals surface area contributed by atoms with Crippen molar-refractivity contribution in [2.75, 3.05) is 26.7 Å². The van der Waals surface area contributed by atoms with Crippen molar-refractivity contribution >= 4 is 15.9 Å². The summed E-state index contributed by atoms with van der Waals surface area (Å²) < 4.78 is 69.6. The molecule has 1 spiro atoms. The van der Waals surface area contributed by atoms with E-state index in [1.54, 1.807) is 24.0 Å². The zero-order chi connectivity index (χ0) is 25.2. The van der Waals surface area contributed by atoms with Gasteiger partial charge in [-0.05, 0) is 75.5 Å². The molecule has 190 valence electrons. The van der Waals surface area contributed by atoms with E-state index in [2.05, 4.69) is 9.62 Å². The summed E-state index contributed by atoms with van der Waals surface area (Å²) in [5.41, 5.74) is 0.380. The summed E-state index contributed by atoms with van der Waals surface area (Å²) >= 11 is 0. The molecule has 1 aromatic carbocycles. The quantitative estimate of drug-likeness (QED) is 0.685. The molecule has 11 heteroatoms. The van der Waals surface area contributed by atoms with Crippen molar-refractivity contribution in [2.45, 2.75) is 61.8 Å². The molecule has 1 saturated heterocycles. The van der Waals surface area contributed by atoms with Gasteiger partial charge in [0, 0.05) is 43.5 Å². The normalized spacial score (nSPS) is 20.8. The topological polar surface area (TPSA) is 74.7 Å². The molecule has 3 aliphatic rings. The van der Waals surface area contributed by atoms with Gasteiger partial charge in [0.15, 0.2) is 0 Å². The number of hydrogen-bond acceptors (Lipinski definition) is 4. The molecule has 0 unspecified atom stereocenters. The lowest BCUT2D eigenvalue weighted by Crippen LogP contribution is -2.56. The summed E-state index contributed by atoms with van der Waals surface area (Å²) in [5.74, 6) is -0.202. The van der Waals surface area contributed by atoms with E-state index < -0.39 is 27.4 Å². The monoisotopic (exact) mass is 510 g/mol. The summed E-state index contributed by atoms with van der Waals surface area (Å²) in [6, 6.07) is 7.33. The van der Waals surface area contributed by atoms with Crippen molar-refractivity contribution in [3.8, 4) is 0 Å². The molecule has 2 aromatic rings. The maximum atomic E-state index is 13.5. The Labute approximate surface area is 202 Å². The number of halogens is 3. The number of piperidine rings is 1. The number of nitrogens with zero attached hydrogens (tertiary/aromatic N) is 3. The van der Waals surface area contributed by atoms with Crippen molar-refractivity contribution in [1.82, 2.24) is 19.1 Å². The van der Waals surface area contributed by atoms with Crippen LogP contribution in [0.15, 0.2) is 35.2 Å². The highest BCUT2D eigenvalue weighted by Gasteiger charge is 2.47. The van der Waals surface area contributed by atoms with E-state index in [9.17, 15) is 26.4 Å². The van der Waals surface area contributed by atoms with Gasteiger partial charge in [0.25, 0.3) is 5.91 Å². The molecule has 7 nitrogen and oxygen atoms in total. The summed E-state index contributed by atoms with van der Waals surface area (Å²) in [6.07, 6.45) is -1.69. The van der Waals surface area contributed by atoms with E-state index >= 15 is 0 Å². The van der Waals surface area contributed by atoms with Crippen LogP contribution in [0.1, 0.15) is 53.0 Å². The Morgan fingerprint density at radius 1 is 1.06 bits per heavy atom. The molecule has 1 saturated carbocycles. The number of fused-ring (bicyclic) bond motifs is 2. The van der Waals surface area contributed by atoms with Crippen LogP contribution in [-0.4, -0.2) is 61.4 Å². The summed E-state index contributed by atoms with van der Waals surface area (Å²) in [6.45, 7) is 3.26. The van der Waals surface area contributed by atoms with Gasteiger partial charge in [0.2, 0.25) is 10.0 Å². The Hall–Kier alpha value is -2.37. The molecule has 0 atom stereocenters. The third-order valence-corrected chi connectivity index (χ3v) is 9.31. The van der Waals surface area contributed by atoms with Crippen LogP contribution in [0.5, 0.6) is 0 Å². The predicted molar refractivity (Wildman–Crippen MR) is 123 cm³/mol. The molecule has 2 aliphatic heterocycles. The summed E-state index contributed by atoms with van der Waals surface area (Å²) in [4.78, 5) is 17.2. The molecule has 1 N–H and O–H groups in total. The highest BCUT2D eigenvalue weighted by atomic mass is 32.2. The van der Waals surface area contributed by atoms with Gasteiger partial charge >= 0.3 is 6.18 Å². The molecule has 3 heterocycles. The van der Waals surface area contributed by atoms with Gasteiger partial charge in [-0.1, -0.05) is 0 Å². The van der Waals surface area contributed by atoms with E-state index in [0.717, 1.165) is 18.9 Å². The van der Waals surface area contributed by atoms with Crippen LogP contribution < -0.4 is 4.72 Å². The van der Waals surface area contributed by atoms with Gasteiger partial charge in [-0.15, -0.1) is 0 Å². The molecule has 1 aromatic heterocycles. The fourth-order valence-electron chi connectivity index (χ4n) is 5.49. The van der Waals surface area contributed by atoms with E-state index in [-0.39, 0.29) is 23.4 Å². The number of aryl methyl sites for hydroxylation is 1. The van der Waals surface area contributed by atoms with Crippen LogP contribution >= 0.6 is 0 Å². The van der Waals surface area contributed by atoms with Crippen LogP contribution in [0.3, 0.4) is 0 Å². The minimum Gasteiger partial charge on any atom is -0.338 e. The second kappa shape index (κ2) is 8.35. The van der Waals surface area contributed by atoms with Gasteiger partial charge < -0.3 is 9.47 Å². The Bertz CT molecular complexity index is 1260. The average molecular weight is 511 g/mol. The summed E-state index contributed by atoms with van der Waals surface area (Å²) in [7, 11) is -1.69. The highest BCUT2D eigenvalue weighted by Crippen LogP contribution is 2.44. The second-order valence-corrected chi connectivity index (χ2v) is 11.6. The van der Waals surface area contributed by atoms with Crippen LogP contribution in [0, 0.1) is 6.92 Å². The van der Waals surface area contributed by atoms with Crippen molar-refractivity contribution in [3.63, 3.8) is 0 Å². The number of carbonyl (C=O) groups excluding carboxylic acids is 1. The van der Waals surface area contributed by atoms with E-state index in [0.29, 0.717) is 49.3 Å². The molecule has 0 radical (unpaired) electrons. The Balaban J connectivity index is 1.33. The molecule has 5 rings (SSSR count). The van der Waals surface area contributed by atoms with Gasteiger partial charge in [-0.3, -0.25) is 9.69 Å². The Morgan fingerprint density at radius 2 is 1.74 bits per heavy atom. The number of aromatic nitrogens is 1. The lowest BCUT2D eigenvalue weighted by molar-refractivity contribution is -0.144. The Kier molecular flexibility index (Phi) is 5.80. The number of carbonyl (C=O) groups is 1. The lowest BCUT2D eigenvalue weighted by atomic mass is 9.81. The van der Waals surface area contributed by atoms with Crippen LogP contribution in [-0.2, 0) is 28.3 Å². The van der Waals surface area contributed by atoms with Crippen molar-refractivity contribution in [2.24, 2.45) is 0 Å². The van der Waals surface area contributed by atoms with Gasteiger partial charge in [-0.2, -0.15) is 13.2 Å². The van der Waals surface area contributed by atoms with E-state index in [1.807, 2.05) is 7.05 Å². The zero-order valence-corrected chi connectivity index (χ0v) is 20.5. The molecule has 1 aliphatic carbocycles. The zero-order valence-electron chi connectivity index (χ0n) is 19.7. The van der Waals surface area contributed by atoms with Crippen LogP contribution in [0.4, 0.5) is 13.2 Å². The molecular weight excluding hydrogens is 481 g/mol. The summed E-state index contributed by atoms with van der Waals surface area (Å²) in [5, 5.41) is 0. The number of alkyl halides is 3. The highest BCUT2D eigenvalue weighted by molar-refractivity contribution is 7.89. The number of amides is 1. The van der Waals surface area contributed by atoms with Crippen molar-refractivity contribution < 1.29 is 26.4 Å². The fourth-order valence-corrected chi connectivity index (χ4v) is 7.02. The third-order valence-electron chi connectivity index (χ3n) is 7.63. The number of likely N-dealkylation sites (N-methyl/N-ethyl adjacent to an activating group) is 1. The molecule has 35 heavy (non-hydrogen) atoms. The molecular formula is C24H29F3N4O3S. The van der Waals surface area contributed by atoms with Crippen molar-refractivity contribution in [1.29, 1.82) is 0 Å². The first kappa shape index (κ1) is 24.3. The largest absolute Gasteiger partial charge is 0.431 e. The molecule has 1 amide bonds. The number of nitrogens with one attached hydrogen (secondary N) is 1. The number of hydrogen-bond donors (Lipinski definition) is 1. The standard InChI is InChI=1S/C24H29F3N4O3S/c1-16-15-17(3-6-19(16)35(33,34)28-18-4-5-18)22(32)30-11-9-23(10-12-30)20-7-8-21(24(25,26)27)31(20)14-13-29(23)2/h3,6-8,15,18,28H,4-5,9-14H2,1-2H3. The number of likely N-dealkylation sites (tertiary alicyclic amines) is 1. The average Bonchev–Trinajstić information content (AvgIpc) is 3.47. The predicted octanol–water partition coefficient (Wildman–Crippen LogP) is 3.33. The Morgan fingerprint density at radius 3 is 2.34 bits per heavy atom. The van der Waals surface area contributed by atoms with E-state index in [1.165, 1.54) is 16.7 Å². The van der Waals surface area contributed by atoms with Gasteiger partial charge in [0.1, 0.15) is 5.69 Å². The fraction of sp³-hybridized carbons (Fsp3) is 0.542. The maximum Gasteiger partial charge on any atom is 0.431 e. The lowest BCUT2D eigenvalue weighted by Gasteiger charge is -2.50. The first-order chi connectivity index (χ1) is 16.4. The number of rotatable bonds is 4. The first-order valence-electron chi connectivity index (χ1n) is 11.8. The number of benzene rings is 1. The van der Waals surface area contributed by atoms with Crippen LogP contribution in [0.25, 0.3) is 0 Å². The SMILES string of the molecule is Cc1cc(C(=O)N2CCC3(CC2)c2ccc(C(F)(F)F)n2CCN3C)ccc1S(=O)(=O)NC1CC1. The maximum absolute atomic E-state index is 13.5. The minimum atomic E-state index is -4.41. The third kappa shape index (κ3) is 4.27. The van der Waals surface area contributed by atoms with Crippen LogP contribution in [0.2, 0.25) is 0 Å². The molecule has 0 bridgehead atoms. The first-order valence-corrected chi connectivity index (χ1v) is 13.3. The van der Waals surface area contributed by atoms with Gasteiger partial charge in [0.05, 0.1) is 10.4 Å². The number of sulfonamides is 1. The minimum absolute atomic E-state index is 0.00684. The van der Waals surface area contributed by atoms with E-state index in [4.69, 9.17) is 0 Å². The van der Waals surface area contributed by atoms with Crippen molar-refractivity contribution in [3.05, 3.63) is 52.8 Å². The molecule has 2 fully saturated rings.